The van der Waals surface area contributed by atoms with Crippen LogP contribution in [0, 0.1) is 37.9 Å². The van der Waals surface area contributed by atoms with Gasteiger partial charge in [-0.3, -0.25) is 19.2 Å². The molecular formula is C42H51ClF4N4O6. The number of pyridine rings is 1. The minimum absolute atomic E-state index is 0.0156. The van der Waals surface area contributed by atoms with E-state index in [9.17, 15) is 37.5 Å². The maximum atomic E-state index is 15.8. The van der Waals surface area contributed by atoms with Crippen LogP contribution in [0.1, 0.15) is 96.7 Å². The van der Waals surface area contributed by atoms with Gasteiger partial charge < -0.3 is 29.9 Å². The Kier molecular flexibility index (Phi) is 13.9. The van der Waals surface area contributed by atoms with Gasteiger partial charge >= 0.3 is 12.1 Å². The fraction of sp³-hybridized carbons (Fsp3) is 0.524. The number of halogens is 5. The Bertz CT molecular complexity index is 2010. The molecule has 57 heavy (non-hydrogen) atoms. The smallest absolute Gasteiger partial charge is 0.431 e. The van der Waals surface area contributed by atoms with Gasteiger partial charge in [0.15, 0.2) is 0 Å². The van der Waals surface area contributed by atoms with Crippen LogP contribution in [-0.4, -0.2) is 71.2 Å². The van der Waals surface area contributed by atoms with E-state index in [-0.39, 0.29) is 41.8 Å². The normalized spacial score (nSPS) is 16.6. The Hall–Kier alpha value is -4.27. The number of aryl methyl sites for hydroxylation is 3. The van der Waals surface area contributed by atoms with Crippen molar-refractivity contribution in [2.75, 3.05) is 32.8 Å². The van der Waals surface area contributed by atoms with Crippen molar-refractivity contribution in [1.82, 2.24) is 20.1 Å². The number of ether oxygens (including phenoxy) is 1. The first-order valence-electron chi connectivity index (χ1n) is 19.3. The van der Waals surface area contributed by atoms with Gasteiger partial charge in [0.25, 0.3) is 11.5 Å². The zero-order chi connectivity index (χ0) is 41.8. The Balaban J connectivity index is 1.35. The molecule has 0 bridgehead atoms. The second kappa shape index (κ2) is 18.1. The summed E-state index contributed by atoms with van der Waals surface area (Å²) >= 11 is 6.24. The number of amides is 2. The third-order valence-electron chi connectivity index (χ3n) is 11.0. The highest BCUT2D eigenvalue weighted by Crippen LogP contribution is 2.40. The van der Waals surface area contributed by atoms with Gasteiger partial charge in [-0.05, 0) is 130 Å². The van der Waals surface area contributed by atoms with E-state index in [2.05, 4.69) is 15.5 Å². The van der Waals surface area contributed by atoms with Crippen molar-refractivity contribution >= 4 is 29.4 Å². The van der Waals surface area contributed by atoms with Crippen LogP contribution in [-0.2, 0) is 27.0 Å². The first-order chi connectivity index (χ1) is 26.8. The molecule has 3 heterocycles. The number of carbonyl (C=O) groups excluding carboxylic acids is 2. The van der Waals surface area contributed by atoms with Crippen LogP contribution < -0.4 is 16.2 Å². The minimum Gasteiger partial charge on any atom is -0.481 e. The van der Waals surface area contributed by atoms with E-state index in [0.717, 1.165) is 61.9 Å². The molecule has 10 nitrogen and oxygen atoms in total. The molecule has 5 rings (SSSR count). The predicted octanol–water partition coefficient (Wildman–Crippen LogP) is 7.62. The van der Waals surface area contributed by atoms with Crippen LogP contribution in [0.25, 0.3) is 11.1 Å². The molecule has 0 aliphatic carbocycles. The number of nitrogens with one attached hydrogen (secondary N) is 2. The van der Waals surface area contributed by atoms with E-state index in [1.54, 1.807) is 32.0 Å². The SMILES string of the molecule is Cc1cc(-c2c(C)cc(Cl)cc2C)cc([C@H](CC(=O)O)NC(=O)[C@H](CC(C)C)NC(=O)c2ccc(C(F)(F)F)n(CCCCN3CC4(CCOCC4)C3)c2=O)c1F. The molecule has 1 spiro atoms. The lowest BCUT2D eigenvalue weighted by atomic mass is 9.73. The number of aromatic nitrogens is 1. The first kappa shape index (κ1) is 43.8. The quantitative estimate of drug-likeness (QED) is 0.106. The zero-order valence-corrected chi connectivity index (χ0v) is 33.7. The third kappa shape index (κ3) is 10.6. The molecule has 2 amide bonds. The summed E-state index contributed by atoms with van der Waals surface area (Å²) in [6.45, 7) is 12.4. The number of rotatable bonds is 15. The summed E-state index contributed by atoms with van der Waals surface area (Å²) < 4.78 is 64.2. The van der Waals surface area contributed by atoms with E-state index in [1.165, 1.54) is 13.0 Å². The van der Waals surface area contributed by atoms with Crippen molar-refractivity contribution in [3.05, 3.63) is 91.1 Å². The van der Waals surface area contributed by atoms with Crippen LogP contribution in [0.5, 0.6) is 0 Å². The second-order valence-electron chi connectivity index (χ2n) is 16.0. The van der Waals surface area contributed by atoms with Crippen molar-refractivity contribution in [3.63, 3.8) is 0 Å². The molecule has 15 heteroatoms. The third-order valence-corrected chi connectivity index (χ3v) is 11.2. The number of carbonyl (C=O) groups is 3. The molecule has 0 radical (unpaired) electrons. The van der Waals surface area contributed by atoms with E-state index in [4.69, 9.17) is 16.3 Å². The fourth-order valence-electron chi connectivity index (χ4n) is 8.19. The van der Waals surface area contributed by atoms with Gasteiger partial charge in [-0.1, -0.05) is 25.4 Å². The molecule has 2 aliphatic rings. The Morgan fingerprint density at radius 1 is 0.947 bits per heavy atom. The van der Waals surface area contributed by atoms with E-state index >= 15 is 4.39 Å². The fourth-order valence-corrected chi connectivity index (χ4v) is 8.52. The lowest BCUT2D eigenvalue weighted by molar-refractivity contribution is -0.144. The number of benzene rings is 2. The molecule has 1 aromatic heterocycles. The lowest BCUT2D eigenvalue weighted by Crippen LogP contribution is -2.58. The maximum absolute atomic E-state index is 15.8. The minimum atomic E-state index is -4.86. The molecule has 2 aliphatic heterocycles. The molecule has 2 fully saturated rings. The Morgan fingerprint density at radius 2 is 1.58 bits per heavy atom. The lowest BCUT2D eigenvalue weighted by Gasteiger charge is -2.52. The highest BCUT2D eigenvalue weighted by atomic mass is 35.5. The molecular weight excluding hydrogens is 768 g/mol. The van der Waals surface area contributed by atoms with Gasteiger partial charge in [-0.25, -0.2) is 4.39 Å². The van der Waals surface area contributed by atoms with E-state index in [0.29, 0.717) is 34.2 Å². The van der Waals surface area contributed by atoms with Crippen molar-refractivity contribution in [2.24, 2.45) is 11.3 Å². The molecule has 3 N–H and O–H groups in total. The molecule has 0 unspecified atom stereocenters. The zero-order valence-electron chi connectivity index (χ0n) is 33.0. The Morgan fingerprint density at radius 3 is 2.18 bits per heavy atom. The molecule has 2 saturated heterocycles. The highest BCUT2D eigenvalue weighted by Gasteiger charge is 2.43. The summed E-state index contributed by atoms with van der Waals surface area (Å²) in [5.74, 6) is -4.19. The van der Waals surface area contributed by atoms with Crippen molar-refractivity contribution in [1.29, 1.82) is 0 Å². The van der Waals surface area contributed by atoms with Gasteiger partial charge in [0.05, 0.1) is 12.5 Å². The Labute approximate surface area is 334 Å². The predicted molar refractivity (Wildman–Crippen MR) is 209 cm³/mol. The highest BCUT2D eigenvalue weighted by molar-refractivity contribution is 6.30. The number of alkyl halides is 3. The van der Waals surface area contributed by atoms with Crippen molar-refractivity contribution < 1.29 is 41.8 Å². The summed E-state index contributed by atoms with van der Waals surface area (Å²) in [7, 11) is 0. The van der Waals surface area contributed by atoms with Crippen LogP contribution in [0.4, 0.5) is 17.6 Å². The number of carboxylic acids is 1. The molecule has 2 atom stereocenters. The van der Waals surface area contributed by atoms with E-state index < -0.39 is 65.1 Å². The molecule has 0 saturated carbocycles. The van der Waals surface area contributed by atoms with Gasteiger partial charge in [0, 0.05) is 48.8 Å². The molecule has 2 aromatic carbocycles. The summed E-state index contributed by atoms with van der Waals surface area (Å²) in [4.78, 5) is 55.4. The van der Waals surface area contributed by atoms with Crippen molar-refractivity contribution in [3.8, 4) is 11.1 Å². The van der Waals surface area contributed by atoms with Gasteiger partial charge in [0.1, 0.15) is 23.1 Å². The van der Waals surface area contributed by atoms with Gasteiger partial charge in [-0.15, -0.1) is 0 Å². The standard InChI is InChI=1S/C42H51ClF4N4O6/c1-24(2)16-33(39(55)48-32(21-35(52)53)31-20-28(17-27(5)37(31)44)36-25(3)18-29(43)19-26(36)4)49-38(54)30-8-9-34(42(45,46)47)51(40(30)56)13-7-6-12-50-22-41(23-50)10-14-57-15-11-41/h8-9,17-20,24,32-33H,6-7,10-16,21-23H2,1-5H3,(H,48,55)(H,49,54)(H,52,53)/t32-,33-/m0/s1. The molecule has 3 aromatic rings. The maximum Gasteiger partial charge on any atom is 0.431 e. The summed E-state index contributed by atoms with van der Waals surface area (Å²) in [5, 5.41) is 15.4. The number of carboxylic acid groups (broad SMARTS) is 1. The number of aliphatic carboxylic acids is 1. The average Bonchev–Trinajstić information content (AvgIpc) is 3.09. The number of nitrogens with zero attached hydrogens (tertiary/aromatic N) is 2. The van der Waals surface area contributed by atoms with Gasteiger partial charge in [-0.2, -0.15) is 13.2 Å². The van der Waals surface area contributed by atoms with Crippen LogP contribution >= 0.6 is 11.6 Å². The average molecular weight is 819 g/mol. The number of hydrogen-bond donors (Lipinski definition) is 3. The van der Waals surface area contributed by atoms with Crippen LogP contribution in [0.15, 0.2) is 41.2 Å². The first-order valence-corrected chi connectivity index (χ1v) is 19.7. The number of unbranched alkanes of at least 4 members (excludes halogenated alkanes) is 1. The monoisotopic (exact) mass is 818 g/mol. The summed E-state index contributed by atoms with van der Waals surface area (Å²) in [5.41, 5.74) is 0.374. The number of likely N-dealkylation sites (tertiary alicyclic amines) is 1. The second-order valence-corrected chi connectivity index (χ2v) is 16.5. The van der Waals surface area contributed by atoms with Gasteiger partial charge in [0.2, 0.25) is 5.91 Å². The van der Waals surface area contributed by atoms with Crippen molar-refractivity contribution in [2.45, 2.75) is 97.9 Å². The number of hydrogen-bond acceptors (Lipinski definition) is 6. The summed E-state index contributed by atoms with van der Waals surface area (Å²) in [6, 6.07) is 5.35. The largest absolute Gasteiger partial charge is 0.481 e. The van der Waals surface area contributed by atoms with E-state index in [1.807, 2.05) is 13.8 Å². The topological polar surface area (TPSA) is 130 Å². The van der Waals surface area contributed by atoms with Crippen LogP contribution in [0.2, 0.25) is 5.02 Å². The summed E-state index contributed by atoms with van der Waals surface area (Å²) in [6.07, 6.45) is -2.77. The molecule has 310 valence electrons. The van der Waals surface area contributed by atoms with Crippen LogP contribution in [0.3, 0.4) is 0 Å².